The Labute approximate surface area is 143 Å². The molecule has 2 rings (SSSR count). The van der Waals surface area contributed by atoms with Crippen LogP contribution in [0.5, 0.6) is 11.5 Å². The standard InChI is InChI=1S/C16H20O9/c1-23-10-6-8(2-4-9(10)18)3-5-12(19)25-16-15(22)14(21)13(20)11(7-17)24-16/h2-6,11,13-18,20-22H,7H2,1H3/b5-3+. The van der Waals surface area contributed by atoms with E-state index >= 15 is 0 Å². The number of phenols is 1. The van der Waals surface area contributed by atoms with Crippen LogP contribution in [0.1, 0.15) is 5.56 Å². The van der Waals surface area contributed by atoms with E-state index in [-0.39, 0.29) is 11.5 Å². The first-order valence-electron chi connectivity index (χ1n) is 7.43. The first kappa shape index (κ1) is 19.2. The molecule has 1 aromatic rings. The Hall–Kier alpha value is -2.17. The number of benzene rings is 1. The van der Waals surface area contributed by atoms with Gasteiger partial charge < -0.3 is 39.7 Å². The predicted molar refractivity (Wildman–Crippen MR) is 83.6 cm³/mol. The van der Waals surface area contributed by atoms with Crippen molar-refractivity contribution in [1.29, 1.82) is 0 Å². The molecule has 25 heavy (non-hydrogen) atoms. The number of aliphatic hydroxyl groups is 4. The Morgan fingerprint density at radius 3 is 2.60 bits per heavy atom. The largest absolute Gasteiger partial charge is 0.504 e. The normalized spacial score (nSPS) is 29.6. The lowest BCUT2D eigenvalue weighted by Gasteiger charge is -2.38. The van der Waals surface area contributed by atoms with Crippen LogP contribution in [0, 0.1) is 0 Å². The summed E-state index contributed by atoms with van der Waals surface area (Å²) in [6, 6.07) is 4.42. The highest BCUT2D eigenvalue weighted by molar-refractivity contribution is 5.87. The van der Waals surface area contributed by atoms with E-state index in [4.69, 9.17) is 19.3 Å². The van der Waals surface area contributed by atoms with E-state index < -0.39 is 43.3 Å². The molecule has 0 amide bonds. The zero-order chi connectivity index (χ0) is 18.6. The molecule has 0 spiro atoms. The summed E-state index contributed by atoms with van der Waals surface area (Å²) >= 11 is 0. The Morgan fingerprint density at radius 1 is 1.24 bits per heavy atom. The van der Waals surface area contributed by atoms with E-state index in [0.717, 1.165) is 6.08 Å². The Bertz CT molecular complexity index is 628. The van der Waals surface area contributed by atoms with Crippen molar-refractivity contribution in [3.05, 3.63) is 29.8 Å². The SMILES string of the molecule is COc1cc(/C=C/C(=O)OC2OC(CO)C(O)C(O)C2O)ccc1O. The van der Waals surface area contributed by atoms with E-state index in [1.54, 1.807) is 0 Å². The minimum absolute atomic E-state index is 0.0523. The fourth-order valence-corrected chi connectivity index (χ4v) is 2.28. The smallest absolute Gasteiger partial charge is 0.333 e. The molecule has 0 saturated carbocycles. The third kappa shape index (κ3) is 4.47. The van der Waals surface area contributed by atoms with E-state index in [2.05, 4.69) is 0 Å². The molecular weight excluding hydrogens is 336 g/mol. The van der Waals surface area contributed by atoms with Gasteiger partial charge in [-0.3, -0.25) is 0 Å². The molecule has 5 atom stereocenters. The monoisotopic (exact) mass is 356 g/mol. The number of hydrogen-bond donors (Lipinski definition) is 5. The third-order valence-corrected chi connectivity index (χ3v) is 3.70. The maximum absolute atomic E-state index is 11.8. The lowest BCUT2D eigenvalue weighted by molar-refractivity contribution is -0.291. The minimum Gasteiger partial charge on any atom is -0.504 e. The molecule has 1 fully saturated rings. The van der Waals surface area contributed by atoms with E-state index in [9.17, 15) is 25.2 Å². The van der Waals surface area contributed by atoms with Gasteiger partial charge in [0.1, 0.15) is 24.4 Å². The second kappa shape index (κ2) is 8.28. The fraction of sp³-hybridized carbons (Fsp3) is 0.438. The quantitative estimate of drug-likeness (QED) is 0.323. The number of esters is 1. The molecule has 0 bridgehead atoms. The van der Waals surface area contributed by atoms with Crippen LogP contribution >= 0.6 is 0 Å². The maximum atomic E-state index is 11.8. The van der Waals surface area contributed by atoms with Gasteiger partial charge in [0.05, 0.1) is 13.7 Å². The minimum atomic E-state index is -1.66. The Morgan fingerprint density at radius 2 is 1.96 bits per heavy atom. The van der Waals surface area contributed by atoms with E-state index in [1.165, 1.54) is 31.4 Å². The molecule has 9 nitrogen and oxygen atoms in total. The second-order valence-corrected chi connectivity index (χ2v) is 5.40. The van der Waals surface area contributed by atoms with Gasteiger partial charge in [-0.25, -0.2) is 4.79 Å². The number of hydrogen-bond acceptors (Lipinski definition) is 9. The number of carbonyl (C=O) groups is 1. The van der Waals surface area contributed by atoms with Crippen LogP contribution in [-0.2, 0) is 14.3 Å². The van der Waals surface area contributed by atoms with Crippen LogP contribution < -0.4 is 4.74 Å². The summed E-state index contributed by atoms with van der Waals surface area (Å²) in [5.74, 6) is -0.704. The maximum Gasteiger partial charge on any atom is 0.333 e. The zero-order valence-corrected chi connectivity index (χ0v) is 13.3. The van der Waals surface area contributed by atoms with E-state index in [1.807, 2.05) is 0 Å². The molecule has 0 radical (unpaired) electrons. The average molecular weight is 356 g/mol. The molecule has 1 aliphatic heterocycles. The molecule has 5 unspecified atom stereocenters. The molecule has 1 heterocycles. The highest BCUT2D eigenvalue weighted by Crippen LogP contribution is 2.27. The van der Waals surface area contributed by atoms with Crippen molar-refractivity contribution >= 4 is 12.0 Å². The second-order valence-electron chi connectivity index (χ2n) is 5.40. The van der Waals surface area contributed by atoms with Crippen molar-refractivity contribution in [2.45, 2.75) is 30.7 Å². The lowest BCUT2D eigenvalue weighted by atomic mass is 9.99. The molecule has 5 N–H and O–H groups in total. The molecular formula is C16H20O9. The van der Waals surface area contributed by atoms with E-state index in [0.29, 0.717) is 5.56 Å². The summed E-state index contributed by atoms with van der Waals surface area (Å²) in [7, 11) is 1.38. The summed E-state index contributed by atoms with van der Waals surface area (Å²) in [6.07, 6.45) is -5.10. The molecule has 0 aliphatic carbocycles. The number of carbonyl (C=O) groups excluding carboxylic acids is 1. The third-order valence-electron chi connectivity index (χ3n) is 3.70. The van der Waals surface area contributed by atoms with Crippen molar-refractivity contribution in [3.63, 3.8) is 0 Å². The van der Waals surface area contributed by atoms with Gasteiger partial charge in [-0.15, -0.1) is 0 Å². The van der Waals surface area contributed by atoms with Crippen LogP contribution in [0.3, 0.4) is 0 Å². The summed E-state index contributed by atoms with van der Waals surface area (Å²) in [6.45, 7) is -0.623. The van der Waals surface area contributed by atoms with Crippen molar-refractivity contribution in [3.8, 4) is 11.5 Å². The van der Waals surface area contributed by atoms with Gasteiger partial charge in [-0.1, -0.05) is 6.07 Å². The Kier molecular flexibility index (Phi) is 6.34. The van der Waals surface area contributed by atoms with Gasteiger partial charge in [-0.05, 0) is 23.8 Å². The molecule has 138 valence electrons. The number of methoxy groups -OCH3 is 1. The van der Waals surface area contributed by atoms with Crippen LogP contribution in [0.15, 0.2) is 24.3 Å². The number of rotatable bonds is 5. The molecule has 1 aromatic carbocycles. The van der Waals surface area contributed by atoms with Crippen molar-refractivity contribution in [1.82, 2.24) is 0 Å². The van der Waals surface area contributed by atoms with Crippen molar-refractivity contribution in [2.75, 3.05) is 13.7 Å². The summed E-state index contributed by atoms with van der Waals surface area (Å²) in [5.41, 5.74) is 0.542. The summed E-state index contributed by atoms with van der Waals surface area (Å²) in [5, 5.41) is 47.7. The summed E-state index contributed by atoms with van der Waals surface area (Å²) in [4.78, 5) is 11.8. The lowest BCUT2D eigenvalue weighted by Crippen LogP contribution is -2.59. The van der Waals surface area contributed by atoms with Gasteiger partial charge in [0.25, 0.3) is 0 Å². The van der Waals surface area contributed by atoms with Gasteiger partial charge in [0, 0.05) is 6.08 Å². The first-order chi connectivity index (χ1) is 11.9. The van der Waals surface area contributed by atoms with Crippen LogP contribution in [-0.4, -0.2) is 75.9 Å². The number of ether oxygens (including phenoxy) is 3. The van der Waals surface area contributed by atoms with Crippen molar-refractivity contribution in [2.24, 2.45) is 0 Å². The highest BCUT2D eigenvalue weighted by atomic mass is 16.7. The average Bonchev–Trinajstić information content (AvgIpc) is 2.61. The fourth-order valence-electron chi connectivity index (χ4n) is 2.28. The molecule has 1 aliphatic rings. The van der Waals surface area contributed by atoms with Crippen LogP contribution in [0.4, 0.5) is 0 Å². The molecule has 1 saturated heterocycles. The summed E-state index contributed by atoms with van der Waals surface area (Å²) < 4.78 is 14.9. The van der Waals surface area contributed by atoms with Gasteiger partial charge >= 0.3 is 5.97 Å². The molecule has 0 aromatic heterocycles. The van der Waals surface area contributed by atoms with Crippen molar-refractivity contribution < 1.29 is 44.5 Å². The first-order valence-corrected chi connectivity index (χ1v) is 7.43. The zero-order valence-electron chi connectivity index (χ0n) is 13.3. The van der Waals surface area contributed by atoms with Gasteiger partial charge in [0.2, 0.25) is 6.29 Å². The van der Waals surface area contributed by atoms with Crippen LogP contribution in [0.2, 0.25) is 0 Å². The number of aliphatic hydroxyl groups excluding tert-OH is 4. The highest BCUT2D eigenvalue weighted by Gasteiger charge is 2.45. The number of aromatic hydroxyl groups is 1. The van der Waals surface area contributed by atoms with Gasteiger partial charge in [-0.2, -0.15) is 0 Å². The molecule has 9 heteroatoms. The number of phenolic OH excluding ortho intramolecular Hbond substituents is 1. The topological polar surface area (TPSA) is 146 Å². The van der Waals surface area contributed by atoms with Crippen LogP contribution in [0.25, 0.3) is 6.08 Å². The van der Waals surface area contributed by atoms with Gasteiger partial charge in [0.15, 0.2) is 11.5 Å². The predicted octanol–water partition coefficient (Wildman–Crippen LogP) is -1.24. The Balaban J connectivity index is 2.01.